The molecule has 0 saturated carbocycles. The maximum atomic E-state index is 13.5. The van der Waals surface area contributed by atoms with E-state index in [4.69, 9.17) is 0 Å². The molecule has 0 spiro atoms. The van der Waals surface area contributed by atoms with E-state index in [0.717, 1.165) is 16.1 Å². The van der Waals surface area contributed by atoms with Crippen molar-refractivity contribution < 1.29 is 18.3 Å². The summed E-state index contributed by atoms with van der Waals surface area (Å²) in [6.45, 7) is 0. The predicted molar refractivity (Wildman–Crippen MR) is 107 cm³/mol. The van der Waals surface area contributed by atoms with Gasteiger partial charge in [-0.3, -0.25) is 4.98 Å². The highest BCUT2D eigenvalue weighted by Crippen LogP contribution is 2.43. The summed E-state index contributed by atoms with van der Waals surface area (Å²) in [7, 11) is 0. The highest BCUT2D eigenvalue weighted by molar-refractivity contribution is 9.10. The molecule has 4 rings (SSSR count). The average molecular weight is 444 g/mol. The lowest BCUT2D eigenvalue weighted by molar-refractivity contribution is -0.136. The number of pyridine rings is 1. The van der Waals surface area contributed by atoms with E-state index in [1.165, 1.54) is 24.4 Å². The monoisotopic (exact) mass is 443 g/mol. The van der Waals surface area contributed by atoms with Crippen molar-refractivity contribution >= 4 is 26.8 Å². The van der Waals surface area contributed by atoms with Gasteiger partial charge in [-0.15, -0.1) is 0 Å². The standard InChI is InChI=1S/C22H13BrF3NO/c23-19-10-2-1-7-15(19)17-12-27-21-16(8-4-9-18(21)22(24,25)26)20(17)13-5-3-6-14(28)11-13/h1-12,28H. The van der Waals surface area contributed by atoms with Crippen LogP contribution in [-0.4, -0.2) is 10.1 Å². The van der Waals surface area contributed by atoms with E-state index in [-0.39, 0.29) is 11.3 Å². The number of aromatic nitrogens is 1. The third-order valence-corrected chi connectivity index (χ3v) is 5.19. The molecular formula is C22H13BrF3NO. The normalized spacial score (nSPS) is 11.7. The second-order valence-corrected chi connectivity index (χ2v) is 7.13. The van der Waals surface area contributed by atoms with Crippen LogP contribution in [0.5, 0.6) is 5.75 Å². The summed E-state index contributed by atoms with van der Waals surface area (Å²) in [6, 6.07) is 17.9. The molecule has 0 aliphatic carbocycles. The number of rotatable bonds is 2. The van der Waals surface area contributed by atoms with Crippen molar-refractivity contribution in [3.63, 3.8) is 0 Å². The van der Waals surface area contributed by atoms with Gasteiger partial charge in [0.15, 0.2) is 0 Å². The summed E-state index contributed by atoms with van der Waals surface area (Å²) in [5.74, 6) is 0.0347. The first-order valence-electron chi connectivity index (χ1n) is 8.39. The molecule has 28 heavy (non-hydrogen) atoms. The Labute approximate surface area is 167 Å². The van der Waals surface area contributed by atoms with Crippen molar-refractivity contribution in [2.24, 2.45) is 0 Å². The van der Waals surface area contributed by atoms with Crippen LogP contribution in [0.2, 0.25) is 0 Å². The zero-order valence-corrected chi connectivity index (χ0v) is 15.9. The Morgan fingerprint density at radius 3 is 2.32 bits per heavy atom. The third kappa shape index (κ3) is 3.24. The molecule has 1 heterocycles. The van der Waals surface area contributed by atoms with Gasteiger partial charge in [0.25, 0.3) is 0 Å². The minimum Gasteiger partial charge on any atom is -0.508 e. The average Bonchev–Trinajstić information content (AvgIpc) is 2.66. The number of fused-ring (bicyclic) bond motifs is 1. The molecule has 4 aromatic rings. The largest absolute Gasteiger partial charge is 0.508 e. The smallest absolute Gasteiger partial charge is 0.418 e. The molecule has 0 aliphatic heterocycles. The number of phenolic OH excluding ortho intramolecular Hbond substituents is 1. The van der Waals surface area contributed by atoms with Gasteiger partial charge < -0.3 is 5.11 Å². The minimum atomic E-state index is -4.52. The van der Waals surface area contributed by atoms with Crippen molar-refractivity contribution in [3.05, 3.63) is 83.0 Å². The summed E-state index contributed by atoms with van der Waals surface area (Å²) in [5, 5.41) is 10.3. The fourth-order valence-electron chi connectivity index (χ4n) is 3.31. The van der Waals surface area contributed by atoms with Crippen LogP contribution < -0.4 is 0 Å². The molecule has 140 valence electrons. The van der Waals surface area contributed by atoms with Gasteiger partial charge in [0.1, 0.15) is 5.75 Å². The Morgan fingerprint density at radius 2 is 1.61 bits per heavy atom. The Bertz CT molecular complexity index is 1190. The fourth-order valence-corrected chi connectivity index (χ4v) is 3.81. The zero-order chi connectivity index (χ0) is 19.9. The van der Waals surface area contributed by atoms with E-state index in [1.807, 2.05) is 24.3 Å². The van der Waals surface area contributed by atoms with Crippen LogP contribution in [0.1, 0.15) is 5.56 Å². The molecule has 1 N–H and O–H groups in total. The van der Waals surface area contributed by atoms with E-state index in [9.17, 15) is 18.3 Å². The van der Waals surface area contributed by atoms with Crippen LogP contribution in [0.15, 0.2) is 77.4 Å². The molecule has 0 saturated heterocycles. The molecule has 0 bridgehead atoms. The summed E-state index contributed by atoms with van der Waals surface area (Å²) in [6.07, 6.45) is -3.06. The summed E-state index contributed by atoms with van der Waals surface area (Å²) < 4.78 is 41.3. The number of aromatic hydroxyl groups is 1. The van der Waals surface area contributed by atoms with Gasteiger partial charge in [0, 0.05) is 27.2 Å². The molecule has 0 fully saturated rings. The van der Waals surface area contributed by atoms with Gasteiger partial charge in [0.05, 0.1) is 11.1 Å². The summed E-state index contributed by atoms with van der Waals surface area (Å²) in [4.78, 5) is 4.17. The first-order valence-corrected chi connectivity index (χ1v) is 9.19. The molecule has 0 aliphatic rings. The summed E-state index contributed by atoms with van der Waals surface area (Å²) >= 11 is 3.51. The third-order valence-electron chi connectivity index (χ3n) is 4.50. The van der Waals surface area contributed by atoms with E-state index >= 15 is 0 Å². The SMILES string of the molecule is Oc1cccc(-c2c(-c3ccccc3Br)cnc3c(C(F)(F)F)cccc23)c1. The van der Waals surface area contributed by atoms with Crippen LogP contribution in [0.4, 0.5) is 13.2 Å². The zero-order valence-electron chi connectivity index (χ0n) is 14.3. The lowest BCUT2D eigenvalue weighted by Crippen LogP contribution is -2.07. The highest BCUT2D eigenvalue weighted by atomic mass is 79.9. The van der Waals surface area contributed by atoms with Crippen molar-refractivity contribution in [1.82, 2.24) is 4.98 Å². The number of benzene rings is 3. The molecule has 3 aromatic carbocycles. The van der Waals surface area contributed by atoms with Crippen LogP contribution >= 0.6 is 15.9 Å². The molecule has 6 heteroatoms. The number of alkyl halides is 3. The number of para-hydroxylation sites is 1. The maximum absolute atomic E-state index is 13.5. The number of nitrogens with zero attached hydrogens (tertiary/aromatic N) is 1. The quantitative estimate of drug-likeness (QED) is 0.359. The van der Waals surface area contributed by atoms with E-state index in [2.05, 4.69) is 20.9 Å². The van der Waals surface area contributed by atoms with Gasteiger partial charge in [0.2, 0.25) is 0 Å². The van der Waals surface area contributed by atoms with Gasteiger partial charge in [-0.05, 0) is 35.4 Å². The lowest BCUT2D eigenvalue weighted by Gasteiger charge is -2.17. The number of hydrogen-bond acceptors (Lipinski definition) is 2. The fraction of sp³-hybridized carbons (Fsp3) is 0.0455. The van der Waals surface area contributed by atoms with E-state index in [0.29, 0.717) is 22.1 Å². The van der Waals surface area contributed by atoms with Crippen molar-refractivity contribution in [3.8, 4) is 28.0 Å². The molecule has 2 nitrogen and oxygen atoms in total. The molecule has 0 radical (unpaired) electrons. The van der Waals surface area contributed by atoms with Crippen molar-refractivity contribution in [1.29, 1.82) is 0 Å². The van der Waals surface area contributed by atoms with E-state index in [1.54, 1.807) is 18.2 Å². The molecule has 0 atom stereocenters. The predicted octanol–water partition coefficient (Wildman–Crippen LogP) is 7.06. The topological polar surface area (TPSA) is 33.1 Å². The Morgan fingerprint density at radius 1 is 0.857 bits per heavy atom. The second-order valence-electron chi connectivity index (χ2n) is 6.28. The van der Waals surface area contributed by atoms with Crippen LogP contribution in [0.25, 0.3) is 33.2 Å². The number of halogens is 4. The van der Waals surface area contributed by atoms with Gasteiger partial charge in [-0.2, -0.15) is 13.2 Å². The molecule has 0 amide bonds. The first kappa shape index (κ1) is 18.5. The van der Waals surface area contributed by atoms with Crippen molar-refractivity contribution in [2.75, 3.05) is 0 Å². The lowest BCUT2D eigenvalue weighted by atomic mass is 9.91. The molecular weight excluding hydrogens is 431 g/mol. The Hall–Kier alpha value is -2.86. The minimum absolute atomic E-state index is 0.0347. The van der Waals surface area contributed by atoms with Gasteiger partial charge in [-0.1, -0.05) is 58.4 Å². The van der Waals surface area contributed by atoms with Crippen molar-refractivity contribution in [2.45, 2.75) is 6.18 Å². The maximum Gasteiger partial charge on any atom is 0.418 e. The Balaban J connectivity index is 2.14. The number of hydrogen-bond donors (Lipinski definition) is 1. The number of phenols is 1. The second kappa shape index (κ2) is 6.95. The molecule has 0 unspecified atom stereocenters. The summed E-state index contributed by atoms with van der Waals surface area (Å²) in [5.41, 5.74) is 1.75. The molecule has 1 aromatic heterocycles. The highest BCUT2D eigenvalue weighted by Gasteiger charge is 2.33. The first-order chi connectivity index (χ1) is 13.4. The van der Waals surface area contributed by atoms with E-state index < -0.39 is 11.7 Å². The Kier molecular flexibility index (Phi) is 4.59. The van der Waals surface area contributed by atoms with Crippen LogP contribution in [0, 0.1) is 0 Å². The van der Waals surface area contributed by atoms with Crippen LogP contribution in [-0.2, 0) is 6.18 Å². The van der Waals surface area contributed by atoms with Gasteiger partial charge in [-0.25, -0.2) is 0 Å². The van der Waals surface area contributed by atoms with Crippen LogP contribution in [0.3, 0.4) is 0 Å². The van der Waals surface area contributed by atoms with Gasteiger partial charge >= 0.3 is 6.18 Å².